The zero-order valence-corrected chi connectivity index (χ0v) is 19.5. The van der Waals surface area contributed by atoms with Crippen molar-refractivity contribution < 1.29 is 23.4 Å². The summed E-state index contributed by atoms with van der Waals surface area (Å²) < 4.78 is 30.6. The summed E-state index contributed by atoms with van der Waals surface area (Å²) in [4.78, 5) is 12.4. The highest BCUT2D eigenvalue weighted by Crippen LogP contribution is 2.29. The first-order chi connectivity index (χ1) is 14.5. The number of carbonyl (C=O) groups is 1. The van der Waals surface area contributed by atoms with Crippen molar-refractivity contribution in [1.29, 1.82) is 0 Å². The standard InChI is InChI=1S/C23H30ClFN2O4/c1-7-27(22(28)31-23(3,4)5)26-15(2)19-12-16(25)13-21(24)20(19)14-30-18-10-8-17(29-6)9-11-18/h8-13,15,26H,7,14H2,1-6H3. The number of carbonyl (C=O) groups excluding carboxylic acids is 1. The van der Waals surface area contributed by atoms with Crippen molar-refractivity contribution in [3.05, 3.63) is 58.4 Å². The fourth-order valence-electron chi connectivity index (χ4n) is 2.88. The summed E-state index contributed by atoms with van der Waals surface area (Å²) in [5.74, 6) is 0.867. The predicted octanol–water partition coefficient (Wildman–Crippen LogP) is 5.89. The molecule has 0 heterocycles. The first-order valence-electron chi connectivity index (χ1n) is 10.1. The first kappa shape index (κ1) is 24.8. The Hall–Kier alpha value is -2.51. The largest absolute Gasteiger partial charge is 0.497 e. The normalized spacial score (nSPS) is 12.3. The number of nitrogens with one attached hydrogen (secondary N) is 1. The molecule has 2 aromatic carbocycles. The van der Waals surface area contributed by atoms with Crippen molar-refractivity contribution in [3.63, 3.8) is 0 Å². The van der Waals surface area contributed by atoms with E-state index >= 15 is 0 Å². The molecule has 2 rings (SSSR count). The molecule has 0 aliphatic heterocycles. The fourth-order valence-corrected chi connectivity index (χ4v) is 3.15. The van der Waals surface area contributed by atoms with Crippen molar-refractivity contribution in [2.45, 2.75) is 52.9 Å². The van der Waals surface area contributed by atoms with Gasteiger partial charge in [0.15, 0.2) is 0 Å². The Bertz CT molecular complexity index is 884. The van der Waals surface area contributed by atoms with Gasteiger partial charge in [0.2, 0.25) is 0 Å². The maximum absolute atomic E-state index is 14.1. The van der Waals surface area contributed by atoms with Crippen LogP contribution in [0.2, 0.25) is 5.02 Å². The Balaban J connectivity index is 2.20. The maximum atomic E-state index is 14.1. The number of methoxy groups -OCH3 is 1. The molecule has 6 nitrogen and oxygen atoms in total. The minimum absolute atomic E-state index is 0.130. The molecule has 1 unspecified atom stereocenters. The van der Waals surface area contributed by atoms with E-state index in [-0.39, 0.29) is 11.6 Å². The van der Waals surface area contributed by atoms with Gasteiger partial charge in [-0.15, -0.1) is 0 Å². The van der Waals surface area contributed by atoms with Crippen LogP contribution in [0.1, 0.15) is 51.8 Å². The number of hydrogen-bond donors (Lipinski definition) is 1. The molecular weight excluding hydrogens is 423 g/mol. The SMILES string of the molecule is CCN(NC(C)c1cc(F)cc(Cl)c1COc1ccc(OC)cc1)C(=O)OC(C)(C)C. The quantitative estimate of drug-likeness (QED) is 0.506. The van der Waals surface area contributed by atoms with Crippen LogP contribution in [0.15, 0.2) is 36.4 Å². The van der Waals surface area contributed by atoms with Crippen LogP contribution in [-0.2, 0) is 11.3 Å². The van der Waals surface area contributed by atoms with E-state index in [1.165, 1.54) is 17.1 Å². The number of rotatable bonds is 8. The number of hydrazine groups is 1. The smallest absolute Gasteiger partial charge is 0.424 e. The Kier molecular flexibility index (Phi) is 8.53. The second kappa shape index (κ2) is 10.7. The van der Waals surface area contributed by atoms with E-state index in [4.69, 9.17) is 25.8 Å². The van der Waals surface area contributed by atoms with Crippen LogP contribution in [0.5, 0.6) is 11.5 Å². The molecule has 170 valence electrons. The fraction of sp³-hybridized carbons (Fsp3) is 0.435. The third kappa shape index (κ3) is 7.29. The molecule has 0 bridgehead atoms. The summed E-state index contributed by atoms with van der Waals surface area (Å²) in [5, 5.41) is 1.60. The van der Waals surface area contributed by atoms with E-state index in [1.807, 2.05) is 13.8 Å². The van der Waals surface area contributed by atoms with Crippen LogP contribution >= 0.6 is 11.6 Å². The van der Waals surface area contributed by atoms with E-state index in [9.17, 15) is 9.18 Å². The second-order valence-electron chi connectivity index (χ2n) is 7.99. The van der Waals surface area contributed by atoms with Gasteiger partial charge in [-0.05, 0) is 76.6 Å². The van der Waals surface area contributed by atoms with Crippen molar-refractivity contribution in [2.24, 2.45) is 0 Å². The van der Waals surface area contributed by atoms with Crippen molar-refractivity contribution in [1.82, 2.24) is 10.4 Å². The molecule has 1 amide bonds. The summed E-state index contributed by atoms with van der Waals surface area (Å²) in [5.41, 5.74) is 3.65. The summed E-state index contributed by atoms with van der Waals surface area (Å²) in [7, 11) is 1.59. The molecule has 1 N–H and O–H groups in total. The van der Waals surface area contributed by atoms with Gasteiger partial charge in [0.25, 0.3) is 0 Å². The molecule has 31 heavy (non-hydrogen) atoms. The average Bonchev–Trinajstić information content (AvgIpc) is 2.69. The van der Waals surface area contributed by atoms with Gasteiger partial charge < -0.3 is 14.2 Å². The summed E-state index contributed by atoms with van der Waals surface area (Å²) in [6.07, 6.45) is -0.514. The molecule has 0 aliphatic carbocycles. The number of hydrogen-bond acceptors (Lipinski definition) is 5. The van der Waals surface area contributed by atoms with Crippen LogP contribution < -0.4 is 14.9 Å². The average molecular weight is 453 g/mol. The molecule has 0 saturated carbocycles. The molecule has 0 saturated heterocycles. The lowest BCUT2D eigenvalue weighted by molar-refractivity contribution is 0.0116. The van der Waals surface area contributed by atoms with Gasteiger partial charge in [-0.1, -0.05) is 11.6 Å². The van der Waals surface area contributed by atoms with Crippen LogP contribution in [0, 0.1) is 5.82 Å². The van der Waals surface area contributed by atoms with Gasteiger partial charge in [0, 0.05) is 18.2 Å². The highest BCUT2D eigenvalue weighted by Gasteiger charge is 2.24. The van der Waals surface area contributed by atoms with Crippen molar-refractivity contribution >= 4 is 17.7 Å². The summed E-state index contributed by atoms with van der Waals surface area (Å²) >= 11 is 6.34. The van der Waals surface area contributed by atoms with E-state index in [1.54, 1.807) is 52.1 Å². The molecule has 1 atom stereocenters. The van der Waals surface area contributed by atoms with Gasteiger partial charge >= 0.3 is 6.09 Å². The molecule has 0 radical (unpaired) electrons. The molecule has 2 aromatic rings. The molecule has 0 aromatic heterocycles. The molecule has 8 heteroatoms. The van der Waals surface area contributed by atoms with E-state index in [2.05, 4.69) is 5.43 Å². The zero-order chi connectivity index (χ0) is 23.2. The highest BCUT2D eigenvalue weighted by molar-refractivity contribution is 6.31. The zero-order valence-electron chi connectivity index (χ0n) is 18.8. The molecule has 0 spiro atoms. The van der Waals surface area contributed by atoms with E-state index in [0.717, 1.165) is 0 Å². The topological polar surface area (TPSA) is 60.0 Å². The molecule has 0 aliphatic rings. The number of ether oxygens (including phenoxy) is 3. The van der Waals surface area contributed by atoms with Crippen molar-refractivity contribution in [2.75, 3.05) is 13.7 Å². The number of amides is 1. The number of benzene rings is 2. The Labute approximate surface area is 188 Å². The second-order valence-corrected chi connectivity index (χ2v) is 8.40. The maximum Gasteiger partial charge on any atom is 0.424 e. The Morgan fingerprint density at radius 1 is 1.19 bits per heavy atom. The lowest BCUT2D eigenvalue weighted by Gasteiger charge is -2.30. The van der Waals surface area contributed by atoms with Crippen LogP contribution in [0.4, 0.5) is 9.18 Å². The van der Waals surface area contributed by atoms with E-state index in [0.29, 0.717) is 29.2 Å². The van der Waals surface area contributed by atoms with Gasteiger partial charge in [-0.2, -0.15) is 0 Å². The van der Waals surface area contributed by atoms with Crippen molar-refractivity contribution in [3.8, 4) is 11.5 Å². The summed E-state index contributed by atoms with van der Waals surface area (Å²) in [6, 6.07) is 9.32. The predicted molar refractivity (Wildman–Crippen MR) is 119 cm³/mol. The number of halogens is 2. The monoisotopic (exact) mass is 452 g/mol. The minimum atomic E-state index is -0.630. The lowest BCUT2D eigenvalue weighted by Crippen LogP contribution is -2.46. The molecular formula is C23H30ClFN2O4. The molecule has 0 fully saturated rings. The third-order valence-corrected chi connectivity index (χ3v) is 4.72. The minimum Gasteiger partial charge on any atom is -0.497 e. The van der Waals surface area contributed by atoms with Crippen LogP contribution in [0.3, 0.4) is 0 Å². The van der Waals surface area contributed by atoms with E-state index < -0.39 is 23.6 Å². The number of nitrogens with zero attached hydrogens (tertiary/aromatic N) is 1. The van der Waals surface area contributed by atoms with Gasteiger partial charge in [-0.3, -0.25) is 0 Å². The highest BCUT2D eigenvalue weighted by atomic mass is 35.5. The van der Waals surface area contributed by atoms with Crippen LogP contribution in [-0.4, -0.2) is 30.4 Å². The Morgan fingerprint density at radius 2 is 1.81 bits per heavy atom. The van der Waals surface area contributed by atoms with Gasteiger partial charge in [0.1, 0.15) is 29.5 Å². The summed E-state index contributed by atoms with van der Waals surface area (Å²) in [6.45, 7) is 9.51. The lowest BCUT2D eigenvalue weighted by atomic mass is 10.0. The first-order valence-corrected chi connectivity index (χ1v) is 10.4. The van der Waals surface area contributed by atoms with Gasteiger partial charge in [-0.25, -0.2) is 19.6 Å². The Morgan fingerprint density at radius 3 is 2.35 bits per heavy atom. The third-order valence-electron chi connectivity index (χ3n) is 4.38. The van der Waals surface area contributed by atoms with Gasteiger partial charge in [0.05, 0.1) is 12.1 Å². The van der Waals surface area contributed by atoms with Crippen LogP contribution in [0.25, 0.3) is 0 Å².